The lowest BCUT2D eigenvalue weighted by atomic mass is 10.0. The molecule has 3 aromatic rings. The van der Waals surface area contributed by atoms with Crippen LogP contribution in [0.1, 0.15) is 0 Å². The third-order valence-corrected chi connectivity index (χ3v) is 4.34. The summed E-state index contributed by atoms with van der Waals surface area (Å²) in [5, 5.41) is 13.4. The van der Waals surface area contributed by atoms with Gasteiger partial charge >= 0.3 is 5.97 Å². The Morgan fingerprint density at radius 2 is 1.92 bits per heavy atom. The molecule has 0 aliphatic rings. The molecule has 0 fully saturated rings. The van der Waals surface area contributed by atoms with Gasteiger partial charge in [0.25, 0.3) is 0 Å². The van der Waals surface area contributed by atoms with Crippen molar-refractivity contribution in [1.82, 2.24) is 0 Å². The Morgan fingerprint density at radius 1 is 1.16 bits per heavy atom. The van der Waals surface area contributed by atoms with Crippen molar-refractivity contribution in [2.24, 2.45) is 0 Å². The Kier molecular flexibility index (Phi) is 5.36. The number of rotatable bonds is 6. The number of carbonyl (C=O) groups excluding carboxylic acids is 1. The van der Waals surface area contributed by atoms with Crippen molar-refractivity contribution in [1.29, 1.82) is 0 Å². The van der Waals surface area contributed by atoms with E-state index in [2.05, 4.69) is 28.6 Å². The number of hydrogen-bond donors (Lipinski definition) is 1. The van der Waals surface area contributed by atoms with Gasteiger partial charge in [-0.15, -0.1) is 0 Å². The average Bonchev–Trinajstić information content (AvgIpc) is 2.64. The second-order valence-electron chi connectivity index (χ2n) is 5.55. The Balaban J connectivity index is 2.01. The third-order valence-electron chi connectivity index (χ3n) is 3.84. The van der Waals surface area contributed by atoms with Gasteiger partial charge in [-0.05, 0) is 29.0 Å². The first-order chi connectivity index (χ1) is 12.1. The highest BCUT2D eigenvalue weighted by molar-refractivity contribution is 9.10. The summed E-state index contributed by atoms with van der Waals surface area (Å²) in [6.45, 7) is 3.08. The summed E-state index contributed by atoms with van der Waals surface area (Å²) < 4.78 is 12.0. The molecule has 128 valence electrons. The number of benzene rings is 3. The highest BCUT2D eigenvalue weighted by Crippen LogP contribution is 2.36. The molecule has 0 saturated carbocycles. The predicted molar refractivity (Wildman–Crippen MR) is 102 cm³/mol. The molecule has 0 spiro atoms. The minimum atomic E-state index is -0.758. The lowest BCUT2D eigenvalue weighted by Crippen LogP contribution is -2.27. The zero-order valence-corrected chi connectivity index (χ0v) is 15.0. The van der Waals surface area contributed by atoms with Crippen molar-refractivity contribution >= 4 is 43.4 Å². The molecule has 0 amide bonds. The van der Waals surface area contributed by atoms with Gasteiger partial charge in [0.15, 0.2) is 6.10 Å². The largest absolute Gasteiger partial charge is 0.488 e. The van der Waals surface area contributed by atoms with E-state index in [1.54, 1.807) is 0 Å². The van der Waals surface area contributed by atoms with Crippen LogP contribution in [0.25, 0.3) is 21.5 Å². The lowest BCUT2D eigenvalue weighted by molar-refractivity contribution is -0.146. The Labute approximate surface area is 153 Å². The topological polar surface area (TPSA) is 55.8 Å². The van der Waals surface area contributed by atoms with E-state index in [-0.39, 0.29) is 13.2 Å². The van der Waals surface area contributed by atoms with E-state index in [0.717, 1.165) is 32.1 Å². The van der Waals surface area contributed by atoms with Crippen molar-refractivity contribution in [3.63, 3.8) is 0 Å². The van der Waals surface area contributed by atoms with Crippen LogP contribution in [0.3, 0.4) is 0 Å². The van der Waals surface area contributed by atoms with Gasteiger partial charge in [-0.3, -0.25) is 0 Å². The Bertz CT molecular complexity index is 936. The first kappa shape index (κ1) is 17.5. The quantitative estimate of drug-likeness (QED) is 0.382. The first-order valence-corrected chi connectivity index (χ1v) is 8.59. The summed E-state index contributed by atoms with van der Waals surface area (Å²) >= 11 is 3.49. The molecule has 0 radical (unpaired) electrons. The monoisotopic (exact) mass is 400 g/mol. The van der Waals surface area contributed by atoms with E-state index < -0.39 is 12.1 Å². The number of ether oxygens (including phenoxy) is 2. The van der Waals surface area contributed by atoms with Crippen molar-refractivity contribution in [2.75, 3.05) is 13.2 Å². The van der Waals surface area contributed by atoms with E-state index >= 15 is 0 Å². The normalized spacial score (nSPS) is 12.1. The van der Waals surface area contributed by atoms with Crippen LogP contribution in [-0.2, 0) is 9.53 Å². The second-order valence-corrected chi connectivity index (χ2v) is 6.46. The molecule has 0 aliphatic heterocycles. The van der Waals surface area contributed by atoms with Crippen LogP contribution in [0, 0.1) is 0 Å². The molecule has 1 unspecified atom stereocenters. The van der Waals surface area contributed by atoms with Crippen molar-refractivity contribution in [3.8, 4) is 5.75 Å². The maximum atomic E-state index is 11.3. The van der Waals surface area contributed by atoms with Gasteiger partial charge in [-0.25, -0.2) is 4.79 Å². The summed E-state index contributed by atoms with van der Waals surface area (Å²) in [6.07, 6.45) is 0.305. The fourth-order valence-corrected chi connectivity index (χ4v) is 3.02. The molecule has 0 bridgehead atoms. The molecular formula is C20H17BrO4. The number of hydrogen-bond acceptors (Lipinski definition) is 4. The van der Waals surface area contributed by atoms with Crippen molar-refractivity contribution < 1.29 is 19.4 Å². The molecule has 0 aliphatic carbocycles. The van der Waals surface area contributed by atoms with Crippen LogP contribution in [-0.4, -0.2) is 30.4 Å². The Hall–Kier alpha value is -2.37. The fourth-order valence-electron chi connectivity index (χ4n) is 2.66. The maximum absolute atomic E-state index is 11.3. The van der Waals surface area contributed by atoms with Gasteiger partial charge in [-0.2, -0.15) is 0 Å². The number of aliphatic hydroxyl groups is 1. The summed E-state index contributed by atoms with van der Waals surface area (Å²) in [7, 11) is 0. The van der Waals surface area contributed by atoms with Crippen LogP contribution in [0.15, 0.2) is 65.7 Å². The maximum Gasteiger partial charge on any atom is 0.330 e. The SMILES string of the molecule is C=CC(=O)OC(CO)COc1c2ccccc2cc2ccc(Br)cc12. The van der Waals surface area contributed by atoms with E-state index in [9.17, 15) is 9.90 Å². The van der Waals surface area contributed by atoms with E-state index in [1.807, 2.05) is 42.5 Å². The molecule has 1 atom stereocenters. The van der Waals surface area contributed by atoms with E-state index in [4.69, 9.17) is 9.47 Å². The van der Waals surface area contributed by atoms with Crippen LogP contribution in [0.4, 0.5) is 0 Å². The second kappa shape index (κ2) is 7.68. The Morgan fingerprint density at radius 3 is 2.68 bits per heavy atom. The molecule has 4 nitrogen and oxygen atoms in total. The summed E-state index contributed by atoms with van der Waals surface area (Å²) in [5.41, 5.74) is 0. The molecule has 0 saturated heterocycles. The molecule has 3 aromatic carbocycles. The highest BCUT2D eigenvalue weighted by atomic mass is 79.9. The summed E-state index contributed by atoms with van der Waals surface area (Å²) in [5.74, 6) is 0.107. The fraction of sp³-hybridized carbons (Fsp3) is 0.150. The zero-order valence-electron chi connectivity index (χ0n) is 13.4. The predicted octanol–water partition coefficient (Wildman–Crippen LogP) is 4.22. The number of aliphatic hydroxyl groups excluding tert-OH is 1. The van der Waals surface area contributed by atoms with Gasteiger partial charge < -0.3 is 14.6 Å². The molecule has 1 N–H and O–H groups in total. The van der Waals surface area contributed by atoms with Crippen molar-refractivity contribution in [2.45, 2.75) is 6.10 Å². The summed E-state index contributed by atoms with van der Waals surface area (Å²) in [4.78, 5) is 11.3. The number of fused-ring (bicyclic) bond motifs is 2. The average molecular weight is 401 g/mol. The molecule has 0 aromatic heterocycles. The van der Waals surface area contributed by atoms with Crippen LogP contribution in [0.5, 0.6) is 5.75 Å². The first-order valence-electron chi connectivity index (χ1n) is 7.80. The molecule has 5 heteroatoms. The standard InChI is InChI=1S/C20H17BrO4/c1-2-19(23)25-16(11-22)12-24-20-17-6-4-3-5-13(17)9-14-7-8-15(21)10-18(14)20/h2-10,16,22H,1,11-12H2. The lowest BCUT2D eigenvalue weighted by Gasteiger charge is -2.18. The highest BCUT2D eigenvalue weighted by Gasteiger charge is 2.15. The van der Waals surface area contributed by atoms with Gasteiger partial charge in [-0.1, -0.05) is 52.8 Å². The van der Waals surface area contributed by atoms with Gasteiger partial charge in [0.1, 0.15) is 12.4 Å². The molecule has 0 heterocycles. The summed E-state index contributed by atoms with van der Waals surface area (Å²) in [6, 6.07) is 16.0. The zero-order chi connectivity index (χ0) is 17.8. The van der Waals surface area contributed by atoms with E-state index in [1.165, 1.54) is 0 Å². The minimum absolute atomic E-state index is 0.0473. The smallest absolute Gasteiger partial charge is 0.330 e. The van der Waals surface area contributed by atoms with Crippen LogP contribution in [0.2, 0.25) is 0 Å². The van der Waals surface area contributed by atoms with Gasteiger partial charge in [0.05, 0.1) is 6.61 Å². The minimum Gasteiger partial charge on any atom is -0.488 e. The van der Waals surface area contributed by atoms with Crippen molar-refractivity contribution in [3.05, 3.63) is 65.7 Å². The third kappa shape index (κ3) is 3.83. The van der Waals surface area contributed by atoms with E-state index in [0.29, 0.717) is 5.75 Å². The van der Waals surface area contributed by atoms with Gasteiger partial charge in [0, 0.05) is 21.3 Å². The van der Waals surface area contributed by atoms with Crippen LogP contribution < -0.4 is 4.74 Å². The molecular weight excluding hydrogens is 384 g/mol. The number of halogens is 1. The molecule has 25 heavy (non-hydrogen) atoms. The molecule has 3 rings (SSSR count). The number of esters is 1. The number of carbonyl (C=O) groups is 1. The van der Waals surface area contributed by atoms with Crippen LogP contribution >= 0.6 is 15.9 Å². The van der Waals surface area contributed by atoms with Gasteiger partial charge in [0.2, 0.25) is 0 Å².